The second-order valence-electron chi connectivity index (χ2n) is 1.99. The second-order valence-corrected chi connectivity index (χ2v) is 1.99. The molecule has 0 aliphatic heterocycles. The van der Waals surface area contributed by atoms with Gasteiger partial charge in [0.25, 0.3) is 0 Å². The van der Waals surface area contributed by atoms with E-state index in [4.69, 9.17) is 15.3 Å². The van der Waals surface area contributed by atoms with Crippen molar-refractivity contribution < 1.29 is 20.1 Å². The van der Waals surface area contributed by atoms with Crippen LogP contribution in [0.25, 0.3) is 0 Å². The summed E-state index contributed by atoms with van der Waals surface area (Å²) in [6.07, 6.45) is 4.00. The number of aliphatic hydroxyl groups excluding tert-OH is 2. The lowest BCUT2D eigenvalue weighted by molar-refractivity contribution is -0.131. The van der Waals surface area contributed by atoms with E-state index in [9.17, 15) is 4.79 Å². The van der Waals surface area contributed by atoms with E-state index in [0.717, 1.165) is 18.9 Å². The summed E-state index contributed by atoms with van der Waals surface area (Å²) in [5.74, 6) is -0.891. The van der Waals surface area contributed by atoms with E-state index in [1.807, 2.05) is 0 Å². The third-order valence-electron chi connectivity index (χ3n) is 0.875. The van der Waals surface area contributed by atoms with Crippen LogP contribution in [0.5, 0.6) is 0 Å². The number of rotatable bonds is 4. The zero-order chi connectivity index (χ0) is 9.82. The summed E-state index contributed by atoms with van der Waals surface area (Å²) >= 11 is 0. The number of aliphatic hydroxyl groups is 2. The van der Waals surface area contributed by atoms with Crippen molar-refractivity contribution in [2.45, 2.75) is 19.8 Å². The van der Waals surface area contributed by atoms with Gasteiger partial charge in [-0.05, 0) is 19.8 Å². The number of unbranched alkanes of at least 4 members (excludes halogenated alkanes) is 1. The molecule has 0 aromatic carbocycles. The molecule has 0 bridgehead atoms. The summed E-state index contributed by atoms with van der Waals surface area (Å²) in [7, 11) is 0. The van der Waals surface area contributed by atoms with Gasteiger partial charge in [-0.15, -0.1) is 0 Å². The van der Waals surface area contributed by atoms with Crippen molar-refractivity contribution in [3.63, 3.8) is 0 Å². The van der Waals surface area contributed by atoms with Gasteiger partial charge in [-0.2, -0.15) is 0 Å². The Labute approximate surface area is 72.2 Å². The number of carboxylic acids is 1. The summed E-state index contributed by atoms with van der Waals surface area (Å²) < 4.78 is 0. The zero-order valence-corrected chi connectivity index (χ0v) is 7.23. The van der Waals surface area contributed by atoms with Gasteiger partial charge in [0.2, 0.25) is 0 Å². The van der Waals surface area contributed by atoms with Crippen molar-refractivity contribution in [2.75, 3.05) is 13.2 Å². The lowest BCUT2D eigenvalue weighted by atomic mass is 10.3. The summed E-state index contributed by atoms with van der Waals surface area (Å²) in [4.78, 5) is 9.51. The van der Waals surface area contributed by atoms with Gasteiger partial charge in [-0.1, -0.05) is 6.08 Å². The monoisotopic (exact) mass is 176 g/mol. The Morgan fingerprint density at radius 1 is 1.25 bits per heavy atom. The third kappa shape index (κ3) is 22.9. The lowest BCUT2D eigenvalue weighted by Crippen LogP contribution is -1.85. The first kappa shape index (κ1) is 13.7. The minimum atomic E-state index is -0.891. The fourth-order valence-corrected chi connectivity index (χ4v) is 0.366. The van der Waals surface area contributed by atoms with Gasteiger partial charge in [0, 0.05) is 19.3 Å². The molecule has 0 rings (SSSR count). The normalized spacial score (nSPS) is 9.25. The Balaban J connectivity index is 0. The first-order valence-corrected chi connectivity index (χ1v) is 3.76. The van der Waals surface area contributed by atoms with E-state index >= 15 is 0 Å². The van der Waals surface area contributed by atoms with Gasteiger partial charge < -0.3 is 15.3 Å². The predicted octanol–water partition coefficient (Wildman–Crippen LogP) is 0.398. The lowest BCUT2D eigenvalue weighted by Gasteiger charge is -1.85. The number of carbonyl (C=O) groups is 1. The number of hydrogen-bond acceptors (Lipinski definition) is 3. The van der Waals surface area contributed by atoms with Gasteiger partial charge in [0.15, 0.2) is 0 Å². The predicted molar refractivity (Wildman–Crippen MR) is 45.9 cm³/mol. The van der Waals surface area contributed by atoms with Crippen LogP contribution in [0.15, 0.2) is 12.2 Å². The molecule has 0 heterocycles. The quantitative estimate of drug-likeness (QED) is 0.428. The Morgan fingerprint density at radius 3 is 1.75 bits per heavy atom. The molecule has 0 aromatic heterocycles. The van der Waals surface area contributed by atoms with E-state index < -0.39 is 5.97 Å². The molecule has 0 spiro atoms. The van der Waals surface area contributed by atoms with E-state index in [2.05, 4.69) is 0 Å². The molecule has 72 valence electrons. The molecule has 0 amide bonds. The molecular weight excluding hydrogens is 160 g/mol. The van der Waals surface area contributed by atoms with Crippen LogP contribution >= 0.6 is 0 Å². The molecule has 0 fully saturated rings. The SMILES string of the molecule is CC=CC(=O)O.OCCCCO. The smallest absolute Gasteiger partial charge is 0.327 e. The number of carboxylic acid groups (broad SMARTS) is 1. The second kappa shape index (κ2) is 12.8. The van der Waals surface area contributed by atoms with E-state index in [1.54, 1.807) is 6.92 Å². The molecule has 0 aromatic rings. The molecule has 3 N–H and O–H groups in total. The minimum absolute atomic E-state index is 0.195. The van der Waals surface area contributed by atoms with Crippen LogP contribution in [0.4, 0.5) is 0 Å². The van der Waals surface area contributed by atoms with Crippen LogP contribution in [-0.4, -0.2) is 34.5 Å². The van der Waals surface area contributed by atoms with Crippen LogP contribution < -0.4 is 0 Å². The van der Waals surface area contributed by atoms with Gasteiger partial charge in [-0.3, -0.25) is 0 Å². The van der Waals surface area contributed by atoms with Crippen LogP contribution in [0.1, 0.15) is 19.8 Å². The molecule has 0 radical (unpaired) electrons. The van der Waals surface area contributed by atoms with Crippen LogP contribution in [0, 0.1) is 0 Å². The van der Waals surface area contributed by atoms with Crippen LogP contribution in [-0.2, 0) is 4.79 Å². The summed E-state index contributed by atoms with van der Waals surface area (Å²) in [5, 5.41) is 24.0. The molecule has 12 heavy (non-hydrogen) atoms. The number of aliphatic carboxylic acids is 1. The number of hydrogen-bond donors (Lipinski definition) is 3. The number of allylic oxidation sites excluding steroid dienone is 1. The Kier molecular flexibility index (Phi) is 14.6. The molecule has 0 unspecified atom stereocenters. The first-order chi connectivity index (χ1) is 5.68. The van der Waals surface area contributed by atoms with Crippen molar-refractivity contribution in [3.05, 3.63) is 12.2 Å². The highest BCUT2D eigenvalue weighted by atomic mass is 16.4. The largest absolute Gasteiger partial charge is 0.478 e. The van der Waals surface area contributed by atoms with E-state index in [1.165, 1.54) is 6.08 Å². The summed E-state index contributed by atoms with van der Waals surface area (Å²) in [6, 6.07) is 0. The van der Waals surface area contributed by atoms with Gasteiger partial charge >= 0.3 is 5.97 Å². The molecule has 0 aliphatic rings. The third-order valence-corrected chi connectivity index (χ3v) is 0.875. The van der Waals surface area contributed by atoms with Gasteiger partial charge in [0.05, 0.1) is 0 Å². The summed E-state index contributed by atoms with van der Waals surface area (Å²) in [6.45, 7) is 2.05. The zero-order valence-electron chi connectivity index (χ0n) is 7.23. The van der Waals surface area contributed by atoms with Gasteiger partial charge in [-0.25, -0.2) is 4.79 Å². The molecule has 0 saturated heterocycles. The maximum absolute atomic E-state index is 9.51. The Hall–Kier alpha value is -0.870. The van der Waals surface area contributed by atoms with Crippen molar-refractivity contribution in [1.29, 1.82) is 0 Å². The molecular formula is C8H16O4. The van der Waals surface area contributed by atoms with Crippen molar-refractivity contribution in [3.8, 4) is 0 Å². The molecule has 4 nitrogen and oxygen atoms in total. The topological polar surface area (TPSA) is 77.8 Å². The van der Waals surface area contributed by atoms with E-state index in [-0.39, 0.29) is 13.2 Å². The maximum Gasteiger partial charge on any atom is 0.327 e. The summed E-state index contributed by atoms with van der Waals surface area (Å²) in [5.41, 5.74) is 0. The average Bonchev–Trinajstić information content (AvgIpc) is 2.02. The first-order valence-electron chi connectivity index (χ1n) is 3.76. The van der Waals surface area contributed by atoms with Crippen LogP contribution in [0.3, 0.4) is 0 Å². The average molecular weight is 176 g/mol. The Bertz CT molecular complexity index is 116. The fourth-order valence-electron chi connectivity index (χ4n) is 0.366. The standard InChI is InChI=1S/C4H6O2.C4H10O2/c1-2-3-4(5)6;5-3-1-2-4-6/h2-3H,1H3,(H,5,6);5-6H,1-4H2. The van der Waals surface area contributed by atoms with E-state index in [0.29, 0.717) is 0 Å². The van der Waals surface area contributed by atoms with Crippen molar-refractivity contribution in [1.82, 2.24) is 0 Å². The molecule has 0 saturated carbocycles. The van der Waals surface area contributed by atoms with Crippen molar-refractivity contribution >= 4 is 5.97 Å². The van der Waals surface area contributed by atoms with Crippen LogP contribution in [0.2, 0.25) is 0 Å². The highest BCUT2D eigenvalue weighted by Gasteiger charge is 1.77. The minimum Gasteiger partial charge on any atom is -0.478 e. The fraction of sp³-hybridized carbons (Fsp3) is 0.625. The van der Waals surface area contributed by atoms with Crippen molar-refractivity contribution in [2.24, 2.45) is 0 Å². The highest BCUT2D eigenvalue weighted by molar-refractivity contribution is 5.79. The Morgan fingerprint density at radius 2 is 1.67 bits per heavy atom. The molecule has 0 atom stereocenters. The molecule has 0 aliphatic carbocycles. The maximum atomic E-state index is 9.51. The highest BCUT2D eigenvalue weighted by Crippen LogP contribution is 1.80. The van der Waals surface area contributed by atoms with Gasteiger partial charge in [0.1, 0.15) is 0 Å². The molecule has 4 heteroatoms.